The maximum absolute atomic E-state index is 13.3. The first kappa shape index (κ1) is 21.8. The van der Waals surface area contributed by atoms with E-state index >= 15 is 0 Å². The van der Waals surface area contributed by atoms with Gasteiger partial charge in [0.05, 0.1) is 17.1 Å². The van der Waals surface area contributed by atoms with Crippen molar-refractivity contribution in [2.45, 2.75) is 31.8 Å². The molecule has 0 amide bonds. The van der Waals surface area contributed by atoms with E-state index in [0.717, 1.165) is 5.69 Å². The molecule has 0 radical (unpaired) electrons. The van der Waals surface area contributed by atoms with Crippen LogP contribution in [0.1, 0.15) is 41.4 Å². The zero-order valence-electron chi connectivity index (χ0n) is 18.4. The van der Waals surface area contributed by atoms with Gasteiger partial charge in [-0.1, -0.05) is 68.1 Å². The fourth-order valence-electron chi connectivity index (χ4n) is 3.47. The normalized spacial score (nSPS) is 11.3. The van der Waals surface area contributed by atoms with Crippen LogP contribution in [0.4, 0.5) is 0 Å². The Bertz CT molecular complexity index is 1300. The summed E-state index contributed by atoms with van der Waals surface area (Å²) in [7, 11) is 1.81. The van der Waals surface area contributed by atoms with Crippen LogP contribution in [0, 0.1) is 6.92 Å². The minimum atomic E-state index is -0.235. The Morgan fingerprint density at radius 3 is 2.41 bits per heavy atom. The Hall–Kier alpha value is -3.46. The van der Waals surface area contributed by atoms with Crippen LogP contribution in [0.25, 0.3) is 11.4 Å². The van der Waals surface area contributed by atoms with Gasteiger partial charge in [0.25, 0.3) is 5.56 Å². The highest BCUT2D eigenvalue weighted by molar-refractivity contribution is 7.99. The third kappa shape index (κ3) is 4.03. The van der Waals surface area contributed by atoms with Crippen molar-refractivity contribution in [2.75, 3.05) is 5.75 Å². The molecule has 9 heteroatoms. The molecule has 2 aromatic heterocycles. The second-order valence-corrected chi connectivity index (χ2v) is 8.71. The molecule has 2 heterocycles. The summed E-state index contributed by atoms with van der Waals surface area (Å²) in [5.74, 6) is 0.554. The molecule has 0 aliphatic rings. The van der Waals surface area contributed by atoms with Crippen LogP contribution in [0.5, 0.6) is 0 Å². The summed E-state index contributed by atoms with van der Waals surface area (Å²) in [6.45, 7) is 6.07. The van der Waals surface area contributed by atoms with Crippen molar-refractivity contribution >= 4 is 17.5 Å². The molecule has 0 unspecified atom stereocenters. The number of Topliss-reactive ketones (excluding diaryl/α,β-unsaturated/α-hetero) is 1. The number of ketones is 1. The van der Waals surface area contributed by atoms with E-state index in [2.05, 4.69) is 29.4 Å². The third-order valence-corrected chi connectivity index (χ3v) is 6.33. The highest BCUT2D eigenvalue weighted by Gasteiger charge is 2.22. The third-order valence-electron chi connectivity index (χ3n) is 5.41. The number of nitrogens with zero attached hydrogens (tertiary/aromatic N) is 6. The van der Waals surface area contributed by atoms with Crippen molar-refractivity contribution in [3.63, 3.8) is 0 Å². The smallest absolute Gasteiger partial charge is 0.293 e. The summed E-state index contributed by atoms with van der Waals surface area (Å²) in [6.07, 6.45) is 0. The number of hydrogen-bond donors (Lipinski definition) is 0. The standard InChI is InChI=1S/C23H24N6O2S/c1-15(2)17-10-12-18(13-11-17)20(30)14-32-23-24-25-26-28(23)21-16(3)27(4)29(22(21)31)19-8-6-5-7-9-19/h5-13,15H,14H2,1-4H3. The topological polar surface area (TPSA) is 87.6 Å². The maximum atomic E-state index is 13.3. The van der Waals surface area contributed by atoms with E-state index in [9.17, 15) is 9.59 Å². The average molecular weight is 449 g/mol. The molecule has 0 atom stereocenters. The van der Waals surface area contributed by atoms with Gasteiger partial charge in [-0.15, -0.1) is 5.10 Å². The lowest BCUT2D eigenvalue weighted by Gasteiger charge is -2.07. The number of benzene rings is 2. The first-order chi connectivity index (χ1) is 15.4. The molecule has 0 aliphatic carbocycles. The Labute approximate surface area is 189 Å². The van der Waals surface area contributed by atoms with Gasteiger partial charge in [-0.2, -0.15) is 4.68 Å². The molecule has 4 aromatic rings. The highest BCUT2D eigenvalue weighted by Crippen LogP contribution is 2.22. The molecule has 0 N–H and O–H groups in total. The summed E-state index contributed by atoms with van der Waals surface area (Å²) in [5, 5.41) is 12.2. The summed E-state index contributed by atoms with van der Waals surface area (Å²) in [6, 6.07) is 17.0. The minimum Gasteiger partial charge on any atom is -0.293 e. The van der Waals surface area contributed by atoms with Crippen LogP contribution in [0.2, 0.25) is 0 Å². The zero-order chi connectivity index (χ0) is 22.8. The van der Waals surface area contributed by atoms with Gasteiger partial charge in [-0.05, 0) is 41.0 Å². The number of para-hydroxylation sites is 1. The van der Waals surface area contributed by atoms with Crippen molar-refractivity contribution in [2.24, 2.45) is 7.05 Å². The molecular weight excluding hydrogens is 424 g/mol. The minimum absolute atomic E-state index is 0.0219. The fraction of sp³-hybridized carbons (Fsp3) is 0.261. The highest BCUT2D eigenvalue weighted by atomic mass is 32.2. The molecule has 8 nitrogen and oxygen atoms in total. The van der Waals surface area contributed by atoms with Crippen molar-refractivity contribution < 1.29 is 4.79 Å². The summed E-state index contributed by atoms with van der Waals surface area (Å²) >= 11 is 1.21. The second-order valence-electron chi connectivity index (χ2n) is 7.77. The van der Waals surface area contributed by atoms with Crippen LogP contribution in [-0.2, 0) is 7.05 Å². The van der Waals surface area contributed by atoms with Gasteiger partial charge in [0.1, 0.15) is 0 Å². The molecular formula is C23H24N6O2S. The van der Waals surface area contributed by atoms with Crippen LogP contribution in [0.15, 0.2) is 64.5 Å². The van der Waals surface area contributed by atoms with Gasteiger partial charge in [0.15, 0.2) is 11.5 Å². The van der Waals surface area contributed by atoms with Crippen molar-refractivity contribution in [3.8, 4) is 11.4 Å². The van der Waals surface area contributed by atoms with Crippen LogP contribution in [0.3, 0.4) is 0 Å². The van der Waals surface area contributed by atoms with E-state index < -0.39 is 0 Å². The first-order valence-corrected chi connectivity index (χ1v) is 11.3. The number of aromatic nitrogens is 6. The largest absolute Gasteiger partial charge is 0.297 e. The molecule has 32 heavy (non-hydrogen) atoms. The summed E-state index contributed by atoms with van der Waals surface area (Å²) in [5.41, 5.74) is 3.41. The van der Waals surface area contributed by atoms with Crippen molar-refractivity contribution in [1.29, 1.82) is 0 Å². The van der Waals surface area contributed by atoms with Gasteiger partial charge in [0, 0.05) is 12.6 Å². The quantitative estimate of drug-likeness (QED) is 0.317. The molecule has 0 fully saturated rings. The molecule has 2 aromatic carbocycles. The van der Waals surface area contributed by atoms with E-state index in [0.29, 0.717) is 28.0 Å². The predicted octanol–water partition coefficient (Wildman–Crippen LogP) is 3.56. The van der Waals surface area contributed by atoms with Gasteiger partial charge >= 0.3 is 0 Å². The number of rotatable bonds is 7. The van der Waals surface area contributed by atoms with Crippen LogP contribution < -0.4 is 5.56 Å². The first-order valence-electron chi connectivity index (χ1n) is 10.3. The average Bonchev–Trinajstić information content (AvgIpc) is 3.34. The molecule has 0 saturated heterocycles. The van der Waals surface area contributed by atoms with E-state index in [-0.39, 0.29) is 17.1 Å². The van der Waals surface area contributed by atoms with E-state index in [1.807, 2.05) is 68.6 Å². The number of hydrogen-bond acceptors (Lipinski definition) is 6. The van der Waals surface area contributed by atoms with Gasteiger partial charge in [0.2, 0.25) is 5.16 Å². The Balaban J connectivity index is 1.60. The second kappa shape index (κ2) is 8.96. The molecule has 0 aliphatic heterocycles. The van der Waals surface area contributed by atoms with E-state index in [4.69, 9.17) is 0 Å². The summed E-state index contributed by atoms with van der Waals surface area (Å²) < 4.78 is 4.75. The van der Waals surface area contributed by atoms with Gasteiger partial charge < -0.3 is 0 Å². The SMILES string of the molecule is Cc1c(-n2nnnc2SCC(=O)c2ccc(C(C)C)cc2)c(=O)n(-c2ccccc2)n1C. The molecule has 0 spiro atoms. The van der Waals surface area contributed by atoms with Crippen LogP contribution in [-0.4, -0.2) is 41.1 Å². The maximum Gasteiger partial charge on any atom is 0.297 e. The zero-order valence-corrected chi connectivity index (χ0v) is 19.2. The Kier molecular flexibility index (Phi) is 6.09. The lowest BCUT2D eigenvalue weighted by molar-refractivity contribution is 0.102. The van der Waals surface area contributed by atoms with Crippen molar-refractivity contribution in [1.82, 2.24) is 29.6 Å². The molecule has 4 rings (SSSR count). The number of carbonyl (C=O) groups excluding carboxylic acids is 1. The number of carbonyl (C=O) groups is 1. The molecule has 164 valence electrons. The lowest BCUT2D eigenvalue weighted by atomic mass is 10.0. The van der Waals surface area contributed by atoms with Gasteiger partial charge in [-0.3, -0.25) is 14.3 Å². The van der Waals surface area contributed by atoms with E-state index in [1.54, 1.807) is 9.36 Å². The number of tetrazole rings is 1. The Morgan fingerprint density at radius 2 is 1.75 bits per heavy atom. The van der Waals surface area contributed by atoms with E-state index in [1.165, 1.54) is 22.0 Å². The molecule has 0 bridgehead atoms. The summed E-state index contributed by atoms with van der Waals surface area (Å²) in [4.78, 5) is 25.9. The number of thioether (sulfide) groups is 1. The van der Waals surface area contributed by atoms with Gasteiger partial charge in [-0.25, -0.2) is 4.68 Å². The Morgan fingerprint density at radius 1 is 1.06 bits per heavy atom. The monoisotopic (exact) mass is 448 g/mol. The fourth-order valence-corrected chi connectivity index (χ4v) is 4.25. The lowest BCUT2D eigenvalue weighted by Crippen LogP contribution is -2.22. The predicted molar refractivity (Wildman–Crippen MR) is 124 cm³/mol. The molecule has 0 saturated carbocycles. The van der Waals surface area contributed by atoms with Crippen molar-refractivity contribution in [3.05, 3.63) is 81.8 Å². The van der Waals surface area contributed by atoms with Crippen LogP contribution >= 0.6 is 11.8 Å².